The first-order chi connectivity index (χ1) is 9.10. The van der Waals surface area contributed by atoms with E-state index in [2.05, 4.69) is 19.2 Å². The van der Waals surface area contributed by atoms with E-state index in [1.54, 1.807) is 12.1 Å². The molecule has 102 valence electrons. The Balaban J connectivity index is 1.94. The van der Waals surface area contributed by atoms with Crippen molar-refractivity contribution in [3.8, 4) is 6.07 Å². The normalized spacial score (nSPS) is 26.9. The molecule has 1 saturated carbocycles. The zero-order valence-corrected chi connectivity index (χ0v) is 11.6. The molecule has 0 radical (unpaired) electrons. The van der Waals surface area contributed by atoms with Crippen LogP contribution in [0.25, 0.3) is 0 Å². The molecular weight excluding hydrogens is 239 g/mol. The number of nitrogens with one attached hydrogen (secondary N) is 1. The molecule has 1 aromatic carbocycles. The molecule has 0 saturated heterocycles. The Morgan fingerprint density at radius 2 is 2.16 bits per heavy atom. The zero-order valence-electron chi connectivity index (χ0n) is 11.6. The van der Waals surface area contributed by atoms with E-state index in [0.29, 0.717) is 29.6 Å². The van der Waals surface area contributed by atoms with Gasteiger partial charge in [0, 0.05) is 18.2 Å². The summed E-state index contributed by atoms with van der Waals surface area (Å²) in [5, 5.41) is 12.2. The van der Waals surface area contributed by atoms with Gasteiger partial charge in [0.2, 0.25) is 0 Å². The lowest BCUT2D eigenvalue weighted by Gasteiger charge is -2.33. The highest BCUT2D eigenvalue weighted by atomic mass is 19.1. The van der Waals surface area contributed by atoms with Gasteiger partial charge in [-0.25, -0.2) is 4.39 Å². The highest BCUT2D eigenvalue weighted by Gasteiger charge is 2.24. The van der Waals surface area contributed by atoms with E-state index in [-0.39, 0.29) is 5.82 Å². The summed E-state index contributed by atoms with van der Waals surface area (Å²) in [7, 11) is 0. The van der Waals surface area contributed by atoms with Crippen molar-refractivity contribution in [3.05, 3.63) is 35.1 Å². The van der Waals surface area contributed by atoms with Gasteiger partial charge < -0.3 is 5.32 Å². The van der Waals surface area contributed by atoms with Crippen LogP contribution >= 0.6 is 0 Å². The first-order valence-corrected chi connectivity index (χ1v) is 7.02. The van der Waals surface area contributed by atoms with E-state index < -0.39 is 0 Å². The molecule has 0 aliphatic heterocycles. The second kappa shape index (κ2) is 6.16. The summed E-state index contributed by atoms with van der Waals surface area (Å²) < 4.78 is 13.8. The minimum atomic E-state index is -0.289. The third kappa shape index (κ3) is 3.54. The summed E-state index contributed by atoms with van der Waals surface area (Å²) in [5.41, 5.74) is 1.02. The Morgan fingerprint density at radius 3 is 2.79 bits per heavy atom. The van der Waals surface area contributed by atoms with E-state index in [9.17, 15) is 4.39 Å². The van der Waals surface area contributed by atoms with Gasteiger partial charge in [-0.2, -0.15) is 5.26 Å². The fourth-order valence-corrected chi connectivity index (χ4v) is 2.97. The number of nitriles is 1. The molecule has 3 heteroatoms. The van der Waals surface area contributed by atoms with Crippen molar-refractivity contribution in [2.45, 2.75) is 45.7 Å². The molecule has 19 heavy (non-hydrogen) atoms. The molecule has 2 nitrogen and oxygen atoms in total. The molecule has 1 aliphatic rings. The van der Waals surface area contributed by atoms with E-state index in [0.717, 1.165) is 5.92 Å². The van der Waals surface area contributed by atoms with Crippen molar-refractivity contribution in [2.24, 2.45) is 11.8 Å². The van der Waals surface area contributed by atoms with Crippen LogP contribution in [0.4, 0.5) is 4.39 Å². The summed E-state index contributed by atoms with van der Waals surface area (Å²) >= 11 is 0. The molecular formula is C16H21FN2. The van der Waals surface area contributed by atoms with E-state index in [1.807, 2.05) is 6.07 Å². The van der Waals surface area contributed by atoms with Crippen LogP contribution < -0.4 is 5.32 Å². The van der Waals surface area contributed by atoms with Gasteiger partial charge in [-0.05, 0) is 43.2 Å². The number of hydrogen-bond donors (Lipinski definition) is 1. The highest BCUT2D eigenvalue weighted by molar-refractivity contribution is 5.32. The predicted octanol–water partition coefficient (Wildman–Crippen LogP) is 3.61. The summed E-state index contributed by atoms with van der Waals surface area (Å²) in [6, 6.07) is 7.12. The first-order valence-electron chi connectivity index (χ1n) is 7.02. The fourth-order valence-electron chi connectivity index (χ4n) is 2.97. The maximum atomic E-state index is 13.8. The predicted molar refractivity (Wildman–Crippen MR) is 73.9 cm³/mol. The number of nitrogens with zero attached hydrogens (tertiary/aromatic N) is 1. The van der Waals surface area contributed by atoms with Crippen LogP contribution in [0.2, 0.25) is 0 Å². The van der Waals surface area contributed by atoms with E-state index in [4.69, 9.17) is 5.26 Å². The topological polar surface area (TPSA) is 35.8 Å². The third-order valence-corrected chi connectivity index (χ3v) is 4.17. The molecule has 0 bridgehead atoms. The maximum absolute atomic E-state index is 13.8. The molecule has 3 unspecified atom stereocenters. The van der Waals surface area contributed by atoms with Gasteiger partial charge >= 0.3 is 0 Å². The number of hydrogen-bond acceptors (Lipinski definition) is 2. The van der Waals surface area contributed by atoms with Crippen molar-refractivity contribution in [1.29, 1.82) is 5.26 Å². The fraction of sp³-hybridized carbons (Fsp3) is 0.562. The number of rotatable bonds is 3. The highest BCUT2D eigenvalue weighted by Crippen LogP contribution is 2.28. The monoisotopic (exact) mass is 260 g/mol. The molecule has 0 spiro atoms. The van der Waals surface area contributed by atoms with Crippen LogP contribution in [0.3, 0.4) is 0 Å². The van der Waals surface area contributed by atoms with Crippen molar-refractivity contribution in [1.82, 2.24) is 5.32 Å². The average Bonchev–Trinajstić information content (AvgIpc) is 2.39. The molecule has 0 heterocycles. The Kier molecular flexibility index (Phi) is 4.55. The number of halogens is 1. The van der Waals surface area contributed by atoms with Crippen LogP contribution in [0.1, 0.15) is 44.2 Å². The van der Waals surface area contributed by atoms with Gasteiger partial charge in [0.05, 0.1) is 11.6 Å². The summed E-state index contributed by atoms with van der Waals surface area (Å²) in [5.74, 6) is 1.16. The van der Waals surface area contributed by atoms with E-state index >= 15 is 0 Å². The lowest BCUT2D eigenvalue weighted by Crippen LogP contribution is -2.38. The van der Waals surface area contributed by atoms with Gasteiger partial charge in [-0.3, -0.25) is 0 Å². The Hall–Kier alpha value is -1.40. The molecule has 0 aromatic heterocycles. The summed E-state index contributed by atoms with van der Waals surface area (Å²) in [6.45, 7) is 5.11. The lowest BCUT2D eigenvalue weighted by molar-refractivity contribution is 0.226. The van der Waals surface area contributed by atoms with Crippen LogP contribution in [0.5, 0.6) is 0 Å². The van der Waals surface area contributed by atoms with Crippen molar-refractivity contribution in [2.75, 3.05) is 0 Å². The van der Waals surface area contributed by atoms with Crippen LogP contribution in [-0.2, 0) is 6.54 Å². The molecule has 1 fully saturated rings. The van der Waals surface area contributed by atoms with E-state index in [1.165, 1.54) is 25.3 Å². The molecule has 3 atom stereocenters. The average molecular weight is 260 g/mol. The quantitative estimate of drug-likeness (QED) is 0.901. The van der Waals surface area contributed by atoms with Crippen LogP contribution in [0.15, 0.2) is 18.2 Å². The molecule has 1 N–H and O–H groups in total. The SMILES string of the molecule is CC1CCC(NCc2ccc(C#N)cc2F)C(C)C1. The third-order valence-electron chi connectivity index (χ3n) is 4.17. The van der Waals surface area contributed by atoms with Gasteiger partial charge in [-0.15, -0.1) is 0 Å². The van der Waals surface area contributed by atoms with Crippen molar-refractivity contribution in [3.63, 3.8) is 0 Å². The molecule has 2 rings (SSSR count). The minimum Gasteiger partial charge on any atom is -0.310 e. The molecule has 1 aromatic rings. The Labute approximate surface area is 114 Å². The Morgan fingerprint density at radius 1 is 1.37 bits per heavy atom. The standard InChI is InChI=1S/C16H21FN2/c1-11-3-6-16(12(2)7-11)19-10-14-5-4-13(9-18)8-15(14)17/h4-5,8,11-12,16,19H,3,6-7,10H2,1-2H3. The largest absolute Gasteiger partial charge is 0.310 e. The van der Waals surface area contributed by atoms with Gasteiger partial charge in [-0.1, -0.05) is 19.9 Å². The van der Waals surface area contributed by atoms with Gasteiger partial charge in [0.1, 0.15) is 5.82 Å². The van der Waals surface area contributed by atoms with Crippen molar-refractivity contribution >= 4 is 0 Å². The van der Waals surface area contributed by atoms with Crippen molar-refractivity contribution < 1.29 is 4.39 Å². The molecule has 0 amide bonds. The van der Waals surface area contributed by atoms with Gasteiger partial charge in [0.25, 0.3) is 0 Å². The van der Waals surface area contributed by atoms with Crippen LogP contribution in [0, 0.1) is 29.0 Å². The minimum absolute atomic E-state index is 0.289. The van der Waals surface area contributed by atoms with Gasteiger partial charge in [0.15, 0.2) is 0 Å². The summed E-state index contributed by atoms with van der Waals surface area (Å²) in [4.78, 5) is 0. The Bertz CT molecular complexity index is 478. The maximum Gasteiger partial charge on any atom is 0.129 e. The lowest BCUT2D eigenvalue weighted by atomic mass is 9.80. The zero-order chi connectivity index (χ0) is 13.8. The second-order valence-electron chi connectivity index (χ2n) is 5.80. The second-order valence-corrected chi connectivity index (χ2v) is 5.80. The summed E-state index contributed by atoms with van der Waals surface area (Å²) in [6.07, 6.45) is 3.66. The smallest absolute Gasteiger partial charge is 0.129 e. The first kappa shape index (κ1) is 14.0. The number of benzene rings is 1. The molecule has 1 aliphatic carbocycles. The van der Waals surface area contributed by atoms with Crippen LogP contribution in [-0.4, -0.2) is 6.04 Å².